The van der Waals surface area contributed by atoms with Crippen LogP contribution in [0.3, 0.4) is 0 Å². The van der Waals surface area contributed by atoms with Gasteiger partial charge in [-0.2, -0.15) is 0 Å². The molecule has 2 aromatic rings. The van der Waals surface area contributed by atoms with Gasteiger partial charge in [-0.15, -0.1) is 0 Å². The summed E-state index contributed by atoms with van der Waals surface area (Å²) in [5.41, 5.74) is 0.983. The number of anilines is 1. The molecule has 0 fully saturated rings. The first-order valence-corrected chi connectivity index (χ1v) is 6.09. The van der Waals surface area contributed by atoms with Crippen molar-refractivity contribution in [1.82, 2.24) is 9.55 Å². The molecular weight excluding hydrogens is 298 g/mol. The number of carboxylic acids is 1. The molecule has 0 unspecified atom stereocenters. The number of nitrogens with zero attached hydrogens (tertiary/aromatic N) is 2. The number of hydrogen-bond donors (Lipinski definition) is 2. The lowest BCUT2D eigenvalue weighted by Crippen LogP contribution is -2.06. The zero-order valence-corrected chi connectivity index (χ0v) is 11.3. The predicted octanol–water partition coefficient (Wildman–Crippen LogP) is 2.49. The highest BCUT2D eigenvalue weighted by molar-refractivity contribution is 9.10. The molecule has 18 heavy (non-hydrogen) atoms. The van der Waals surface area contributed by atoms with Crippen molar-refractivity contribution < 1.29 is 9.90 Å². The summed E-state index contributed by atoms with van der Waals surface area (Å²) in [5, 5.41) is 12.1. The minimum absolute atomic E-state index is 0.242. The quantitative estimate of drug-likeness (QED) is 0.910. The maximum Gasteiger partial charge on any atom is 0.335 e. The summed E-state index contributed by atoms with van der Waals surface area (Å²) >= 11 is 3.29. The van der Waals surface area contributed by atoms with Crippen LogP contribution >= 0.6 is 15.9 Å². The molecule has 0 aliphatic heterocycles. The standard InChI is InChI=1S/C12H12BrN3O2/c1-16-3-2-14-11(16)7-15-10-5-8(12(17)18)4-9(13)6-10/h2-6,15H,7H2,1H3,(H,17,18). The maximum absolute atomic E-state index is 10.9. The molecule has 2 rings (SSSR count). The molecule has 94 valence electrons. The van der Waals surface area contributed by atoms with E-state index in [-0.39, 0.29) is 5.56 Å². The van der Waals surface area contributed by atoms with Gasteiger partial charge in [0.1, 0.15) is 5.82 Å². The van der Waals surface area contributed by atoms with Gasteiger partial charge in [0.25, 0.3) is 0 Å². The van der Waals surface area contributed by atoms with Gasteiger partial charge in [-0.1, -0.05) is 15.9 Å². The lowest BCUT2D eigenvalue weighted by atomic mass is 10.2. The van der Waals surface area contributed by atoms with E-state index in [4.69, 9.17) is 5.11 Å². The third kappa shape index (κ3) is 2.89. The van der Waals surface area contributed by atoms with Gasteiger partial charge < -0.3 is 15.0 Å². The van der Waals surface area contributed by atoms with E-state index in [1.54, 1.807) is 18.3 Å². The molecule has 1 heterocycles. The molecule has 0 amide bonds. The van der Waals surface area contributed by atoms with E-state index >= 15 is 0 Å². The third-order valence-corrected chi connectivity index (χ3v) is 2.97. The van der Waals surface area contributed by atoms with Crippen LogP contribution in [0.4, 0.5) is 5.69 Å². The van der Waals surface area contributed by atoms with Gasteiger partial charge in [0, 0.05) is 29.6 Å². The summed E-state index contributed by atoms with van der Waals surface area (Å²) in [6.07, 6.45) is 3.58. The van der Waals surface area contributed by atoms with Gasteiger partial charge >= 0.3 is 5.97 Å². The molecule has 6 heteroatoms. The third-order valence-electron chi connectivity index (χ3n) is 2.52. The van der Waals surface area contributed by atoms with Crippen LogP contribution in [0, 0.1) is 0 Å². The van der Waals surface area contributed by atoms with E-state index in [0.29, 0.717) is 6.54 Å². The van der Waals surface area contributed by atoms with Gasteiger partial charge in [-0.05, 0) is 18.2 Å². The number of hydrogen-bond acceptors (Lipinski definition) is 3. The Bertz CT molecular complexity index is 580. The fourth-order valence-corrected chi connectivity index (χ4v) is 2.06. The largest absolute Gasteiger partial charge is 0.478 e. The van der Waals surface area contributed by atoms with Crippen molar-refractivity contribution in [1.29, 1.82) is 0 Å². The molecule has 5 nitrogen and oxygen atoms in total. The average Bonchev–Trinajstić information content (AvgIpc) is 2.71. The van der Waals surface area contributed by atoms with Crippen molar-refractivity contribution in [3.63, 3.8) is 0 Å². The number of aromatic nitrogens is 2. The number of nitrogens with one attached hydrogen (secondary N) is 1. The SMILES string of the molecule is Cn1ccnc1CNc1cc(Br)cc(C(=O)O)c1. The molecule has 0 radical (unpaired) electrons. The van der Waals surface area contributed by atoms with Gasteiger partial charge in [0.15, 0.2) is 0 Å². The van der Waals surface area contributed by atoms with Gasteiger partial charge in [0.2, 0.25) is 0 Å². The number of benzene rings is 1. The van der Waals surface area contributed by atoms with Crippen LogP contribution in [-0.2, 0) is 13.6 Å². The van der Waals surface area contributed by atoms with E-state index < -0.39 is 5.97 Å². The minimum atomic E-state index is -0.948. The van der Waals surface area contributed by atoms with Crippen molar-refractivity contribution in [3.8, 4) is 0 Å². The van der Waals surface area contributed by atoms with E-state index in [1.807, 2.05) is 23.9 Å². The second-order valence-electron chi connectivity index (χ2n) is 3.84. The predicted molar refractivity (Wildman–Crippen MR) is 71.6 cm³/mol. The topological polar surface area (TPSA) is 67.2 Å². The molecule has 0 aliphatic carbocycles. The summed E-state index contributed by atoms with van der Waals surface area (Å²) < 4.78 is 2.63. The van der Waals surface area contributed by atoms with Crippen molar-refractivity contribution in [2.45, 2.75) is 6.54 Å². The second-order valence-corrected chi connectivity index (χ2v) is 4.76. The molecule has 2 N–H and O–H groups in total. The van der Waals surface area contributed by atoms with Crippen molar-refractivity contribution >= 4 is 27.6 Å². The first-order valence-electron chi connectivity index (χ1n) is 5.30. The summed E-state index contributed by atoms with van der Waals surface area (Å²) in [4.78, 5) is 15.1. The Kier molecular flexibility index (Phi) is 3.66. The fraction of sp³-hybridized carbons (Fsp3) is 0.167. The van der Waals surface area contributed by atoms with Crippen molar-refractivity contribution in [2.24, 2.45) is 7.05 Å². The first kappa shape index (κ1) is 12.6. The summed E-state index contributed by atoms with van der Waals surface area (Å²) in [5.74, 6) is -0.0665. The number of imidazole rings is 1. The second kappa shape index (κ2) is 5.22. The Hall–Kier alpha value is -1.82. The number of halogens is 1. The van der Waals surface area contributed by atoms with E-state index in [9.17, 15) is 4.79 Å². The lowest BCUT2D eigenvalue weighted by Gasteiger charge is -2.08. The van der Waals surface area contributed by atoms with Crippen LogP contribution in [-0.4, -0.2) is 20.6 Å². The Morgan fingerprint density at radius 3 is 2.89 bits per heavy atom. The molecular formula is C12H12BrN3O2. The minimum Gasteiger partial charge on any atom is -0.478 e. The van der Waals surface area contributed by atoms with Gasteiger partial charge in [-0.3, -0.25) is 0 Å². The average molecular weight is 310 g/mol. The summed E-state index contributed by atoms with van der Waals surface area (Å²) in [7, 11) is 1.91. The molecule has 0 saturated heterocycles. The van der Waals surface area contributed by atoms with Crippen LogP contribution in [0.5, 0.6) is 0 Å². The van der Waals surface area contributed by atoms with Crippen LogP contribution < -0.4 is 5.32 Å². The Morgan fingerprint density at radius 1 is 1.50 bits per heavy atom. The number of rotatable bonds is 4. The monoisotopic (exact) mass is 309 g/mol. The van der Waals surface area contributed by atoms with Crippen LogP contribution in [0.1, 0.15) is 16.2 Å². The number of carboxylic acid groups (broad SMARTS) is 1. The highest BCUT2D eigenvalue weighted by Gasteiger charge is 2.06. The van der Waals surface area contributed by atoms with Gasteiger partial charge in [0.05, 0.1) is 12.1 Å². The van der Waals surface area contributed by atoms with Gasteiger partial charge in [-0.25, -0.2) is 9.78 Å². The molecule has 1 aromatic heterocycles. The highest BCUT2D eigenvalue weighted by atomic mass is 79.9. The molecule has 0 bridgehead atoms. The number of aryl methyl sites for hydroxylation is 1. The molecule has 0 spiro atoms. The first-order chi connectivity index (χ1) is 8.56. The fourth-order valence-electron chi connectivity index (χ4n) is 1.56. The van der Waals surface area contributed by atoms with E-state index in [0.717, 1.165) is 16.0 Å². The maximum atomic E-state index is 10.9. The molecule has 0 saturated carbocycles. The van der Waals surface area contributed by atoms with Crippen LogP contribution in [0.15, 0.2) is 35.1 Å². The number of aromatic carboxylic acids is 1. The zero-order valence-electron chi connectivity index (χ0n) is 9.72. The lowest BCUT2D eigenvalue weighted by molar-refractivity contribution is 0.0697. The summed E-state index contributed by atoms with van der Waals surface area (Å²) in [6, 6.07) is 4.99. The van der Waals surface area contributed by atoms with Crippen LogP contribution in [0.2, 0.25) is 0 Å². The van der Waals surface area contributed by atoms with Crippen LogP contribution in [0.25, 0.3) is 0 Å². The Labute approximate surface area is 113 Å². The van der Waals surface area contributed by atoms with Crippen molar-refractivity contribution in [3.05, 3.63) is 46.5 Å². The van der Waals surface area contributed by atoms with E-state index in [2.05, 4.69) is 26.2 Å². The van der Waals surface area contributed by atoms with Crippen molar-refractivity contribution in [2.75, 3.05) is 5.32 Å². The number of carbonyl (C=O) groups is 1. The molecule has 1 aromatic carbocycles. The highest BCUT2D eigenvalue weighted by Crippen LogP contribution is 2.20. The smallest absolute Gasteiger partial charge is 0.335 e. The molecule has 0 atom stereocenters. The zero-order chi connectivity index (χ0) is 13.1. The Balaban J connectivity index is 2.14. The Morgan fingerprint density at radius 2 is 2.28 bits per heavy atom. The normalized spacial score (nSPS) is 10.3. The molecule has 0 aliphatic rings. The van der Waals surface area contributed by atoms with E-state index in [1.165, 1.54) is 0 Å². The summed E-state index contributed by atoms with van der Waals surface area (Å²) in [6.45, 7) is 0.541.